The van der Waals surface area contributed by atoms with Crippen LogP contribution in [0.2, 0.25) is 0 Å². The van der Waals surface area contributed by atoms with E-state index >= 15 is 0 Å². The Balaban J connectivity index is 2.35. The number of anilines is 1. The molecule has 6 nitrogen and oxygen atoms in total. The predicted molar refractivity (Wildman–Crippen MR) is 86.2 cm³/mol. The van der Waals surface area contributed by atoms with Crippen LogP contribution in [0.1, 0.15) is 0 Å². The molecule has 0 saturated heterocycles. The zero-order chi connectivity index (χ0) is 16.6. The minimum Gasteiger partial charge on any atom is -0.423 e. The molecule has 0 aliphatic heterocycles. The van der Waals surface area contributed by atoms with Gasteiger partial charge in [-0.1, -0.05) is 11.3 Å². The van der Waals surface area contributed by atoms with Crippen molar-refractivity contribution in [1.82, 2.24) is 9.55 Å². The van der Waals surface area contributed by atoms with Crippen molar-refractivity contribution in [3.8, 4) is 11.4 Å². The molecule has 23 heavy (non-hydrogen) atoms. The molecular weight excluding hydrogens is 321 g/mol. The second-order valence-electron chi connectivity index (χ2n) is 4.92. The summed E-state index contributed by atoms with van der Waals surface area (Å²) in [5, 5.41) is 0.693. The summed E-state index contributed by atoms with van der Waals surface area (Å²) in [6, 6.07) is 6.91. The average molecular weight is 333 g/mol. The molecule has 0 fully saturated rings. The maximum Gasteiger partial charge on any atom is 0.299 e. The Morgan fingerprint density at radius 2 is 2.00 bits per heavy atom. The van der Waals surface area contributed by atoms with Crippen molar-refractivity contribution < 1.29 is 13.9 Å². The Kier molecular flexibility index (Phi) is 3.83. The fourth-order valence-electron chi connectivity index (χ4n) is 2.11. The maximum atomic E-state index is 13.2. The molecule has 2 heterocycles. The van der Waals surface area contributed by atoms with Crippen molar-refractivity contribution in [3.05, 3.63) is 46.5 Å². The van der Waals surface area contributed by atoms with Crippen molar-refractivity contribution in [2.75, 3.05) is 19.0 Å². The summed E-state index contributed by atoms with van der Waals surface area (Å²) < 4.78 is 19.3. The smallest absolute Gasteiger partial charge is 0.299 e. The van der Waals surface area contributed by atoms with Gasteiger partial charge in [0.1, 0.15) is 16.2 Å². The van der Waals surface area contributed by atoms with E-state index in [2.05, 4.69) is 4.98 Å². The molecule has 0 spiro atoms. The van der Waals surface area contributed by atoms with Crippen LogP contribution in [0.15, 0.2) is 35.1 Å². The highest BCUT2D eigenvalue weighted by molar-refractivity contribution is 7.21. The SMILES string of the molecule is CN(C)c1nc2cc(OC=O)c(=O)n(-c3ccc(F)cc3)c2s1. The molecule has 0 atom stereocenters. The van der Waals surface area contributed by atoms with E-state index in [0.717, 1.165) is 0 Å². The number of carbonyl (C=O) groups is 1. The zero-order valence-corrected chi connectivity index (χ0v) is 13.1. The number of aromatic nitrogens is 2. The predicted octanol–water partition coefficient (Wildman–Crippen LogP) is 2.19. The van der Waals surface area contributed by atoms with E-state index in [0.29, 0.717) is 21.2 Å². The average Bonchev–Trinajstić information content (AvgIpc) is 2.93. The molecule has 0 aliphatic rings. The third-order valence-electron chi connectivity index (χ3n) is 3.15. The van der Waals surface area contributed by atoms with Gasteiger partial charge in [0, 0.05) is 20.2 Å². The number of ether oxygens (including phenoxy) is 1. The first-order valence-corrected chi connectivity index (χ1v) is 7.43. The van der Waals surface area contributed by atoms with Crippen molar-refractivity contribution in [1.29, 1.82) is 0 Å². The zero-order valence-electron chi connectivity index (χ0n) is 12.3. The number of nitrogens with zero attached hydrogens (tertiary/aromatic N) is 3. The molecule has 0 N–H and O–H groups in total. The first-order chi connectivity index (χ1) is 11.0. The first-order valence-electron chi connectivity index (χ1n) is 6.61. The Labute approximate surface area is 134 Å². The van der Waals surface area contributed by atoms with Crippen molar-refractivity contribution in [2.24, 2.45) is 0 Å². The van der Waals surface area contributed by atoms with E-state index in [1.165, 1.54) is 46.2 Å². The molecule has 0 radical (unpaired) electrons. The van der Waals surface area contributed by atoms with E-state index in [1.807, 2.05) is 19.0 Å². The van der Waals surface area contributed by atoms with Gasteiger partial charge in [-0.25, -0.2) is 9.37 Å². The summed E-state index contributed by atoms with van der Waals surface area (Å²) in [6.07, 6.45) is 0. The van der Waals surface area contributed by atoms with Gasteiger partial charge in [0.15, 0.2) is 10.9 Å². The normalized spacial score (nSPS) is 10.7. The quantitative estimate of drug-likeness (QED) is 0.685. The topological polar surface area (TPSA) is 64.4 Å². The fraction of sp³-hybridized carbons (Fsp3) is 0.133. The summed E-state index contributed by atoms with van der Waals surface area (Å²) >= 11 is 1.31. The number of rotatable bonds is 4. The Morgan fingerprint density at radius 3 is 2.61 bits per heavy atom. The van der Waals surface area contributed by atoms with Crippen LogP contribution < -0.4 is 15.2 Å². The lowest BCUT2D eigenvalue weighted by Gasteiger charge is -2.08. The van der Waals surface area contributed by atoms with Crippen LogP contribution in [0.4, 0.5) is 9.52 Å². The minimum atomic E-state index is -0.509. The molecule has 1 aromatic carbocycles. The summed E-state index contributed by atoms with van der Waals surface area (Å²) in [5.74, 6) is -0.538. The lowest BCUT2D eigenvalue weighted by atomic mass is 10.3. The van der Waals surface area contributed by atoms with Crippen LogP contribution >= 0.6 is 11.3 Å². The highest BCUT2D eigenvalue weighted by atomic mass is 32.1. The number of benzene rings is 1. The van der Waals surface area contributed by atoms with Crippen LogP contribution in [-0.2, 0) is 4.79 Å². The molecule has 3 aromatic rings. The first kappa shape index (κ1) is 15.2. The van der Waals surface area contributed by atoms with E-state index in [9.17, 15) is 14.0 Å². The van der Waals surface area contributed by atoms with Gasteiger partial charge in [0.2, 0.25) is 0 Å². The number of thiazole rings is 1. The third kappa shape index (κ3) is 2.68. The summed E-state index contributed by atoms with van der Waals surface area (Å²) in [7, 11) is 3.67. The number of fused-ring (bicyclic) bond motifs is 1. The molecule has 0 bridgehead atoms. The molecule has 118 valence electrons. The summed E-state index contributed by atoms with van der Waals surface area (Å²) in [5.41, 5.74) is 0.469. The summed E-state index contributed by atoms with van der Waals surface area (Å²) in [6.45, 7) is 0.191. The lowest BCUT2D eigenvalue weighted by Crippen LogP contribution is -2.20. The molecule has 0 amide bonds. The van der Waals surface area contributed by atoms with Crippen LogP contribution in [-0.4, -0.2) is 30.1 Å². The Hall–Kier alpha value is -2.74. The van der Waals surface area contributed by atoms with E-state index in [4.69, 9.17) is 4.74 Å². The number of hydrogen-bond donors (Lipinski definition) is 0. The second kappa shape index (κ2) is 5.81. The van der Waals surface area contributed by atoms with Gasteiger partial charge in [-0.05, 0) is 24.3 Å². The number of pyridine rings is 1. The fourth-order valence-corrected chi connectivity index (χ4v) is 3.10. The number of halogens is 1. The standard InChI is InChI=1S/C15H12FN3O3S/c1-18(2)15-17-11-7-12(22-8-20)13(21)19(14(11)23-15)10-5-3-9(16)4-6-10/h3-8H,1-2H3. The molecule has 0 unspecified atom stereocenters. The monoisotopic (exact) mass is 333 g/mol. The van der Waals surface area contributed by atoms with Gasteiger partial charge in [-0.2, -0.15) is 0 Å². The van der Waals surface area contributed by atoms with Gasteiger partial charge in [-0.3, -0.25) is 14.2 Å². The van der Waals surface area contributed by atoms with Gasteiger partial charge >= 0.3 is 0 Å². The largest absolute Gasteiger partial charge is 0.423 e. The van der Waals surface area contributed by atoms with E-state index in [-0.39, 0.29) is 12.2 Å². The summed E-state index contributed by atoms with van der Waals surface area (Å²) in [4.78, 5) is 30.0. The van der Waals surface area contributed by atoms with E-state index < -0.39 is 11.4 Å². The van der Waals surface area contributed by atoms with Gasteiger partial charge < -0.3 is 9.64 Å². The highest BCUT2D eigenvalue weighted by Gasteiger charge is 2.17. The Morgan fingerprint density at radius 1 is 1.30 bits per heavy atom. The minimum absolute atomic E-state index is 0.132. The maximum absolute atomic E-state index is 13.2. The van der Waals surface area contributed by atoms with Crippen molar-refractivity contribution >= 4 is 33.3 Å². The van der Waals surface area contributed by atoms with E-state index in [1.54, 1.807) is 0 Å². The number of hydrogen-bond acceptors (Lipinski definition) is 6. The molecule has 0 saturated carbocycles. The molecule has 2 aromatic heterocycles. The number of carbonyl (C=O) groups excluding carboxylic acids is 1. The lowest BCUT2D eigenvalue weighted by molar-refractivity contribution is -0.120. The third-order valence-corrected chi connectivity index (χ3v) is 4.37. The van der Waals surface area contributed by atoms with Crippen molar-refractivity contribution in [3.63, 3.8) is 0 Å². The van der Waals surface area contributed by atoms with Crippen molar-refractivity contribution in [2.45, 2.75) is 0 Å². The van der Waals surface area contributed by atoms with Crippen LogP contribution in [0.25, 0.3) is 16.0 Å². The Bertz CT molecular complexity index is 932. The second-order valence-corrected chi connectivity index (χ2v) is 5.88. The molecule has 0 aliphatic carbocycles. The van der Waals surface area contributed by atoms with Gasteiger partial charge in [-0.15, -0.1) is 0 Å². The van der Waals surface area contributed by atoms with Gasteiger partial charge in [0.25, 0.3) is 12.0 Å². The molecular formula is C15H12FN3O3S. The molecule has 8 heteroatoms. The van der Waals surface area contributed by atoms with Crippen LogP contribution in [0, 0.1) is 5.82 Å². The van der Waals surface area contributed by atoms with Crippen LogP contribution in [0.5, 0.6) is 5.75 Å². The molecule has 3 rings (SSSR count). The van der Waals surface area contributed by atoms with Gasteiger partial charge in [0.05, 0.1) is 5.69 Å². The highest BCUT2D eigenvalue weighted by Crippen LogP contribution is 2.30. The van der Waals surface area contributed by atoms with Crippen LogP contribution in [0.3, 0.4) is 0 Å².